The van der Waals surface area contributed by atoms with Crippen LogP contribution in [0.5, 0.6) is 0 Å². The number of nitrogens with zero attached hydrogens (tertiary/aromatic N) is 1. The summed E-state index contributed by atoms with van der Waals surface area (Å²) < 4.78 is 0. The van der Waals surface area contributed by atoms with Crippen molar-refractivity contribution in [2.75, 3.05) is 19.6 Å². The summed E-state index contributed by atoms with van der Waals surface area (Å²) in [5.74, 6) is -0.424. The lowest BCUT2D eigenvalue weighted by Crippen LogP contribution is -2.38. The van der Waals surface area contributed by atoms with Crippen molar-refractivity contribution in [3.63, 3.8) is 0 Å². The van der Waals surface area contributed by atoms with Crippen LogP contribution < -0.4 is 5.32 Å². The van der Waals surface area contributed by atoms with E-state index in [1.54, 1.807) is 48.5 Å². The first-order chi connectivity index (χ1) is 12.4. The van der Waals surface area contributed by atoms with Gasteiger partial charge in [-0.2, -0.15) is 0 Å². The molecule has 138 valence electrons. The number of amides is 1. The summed E-state index contributed by atoms with van der Waals surface area (Å²) in [6.07, 6.45) is 0. The highest BCUT2D eigenvalue weighted by Gasteiger charge is 2.18. The van der Waals surface area contributed by atoms with Crippen molar-refractivity contribution in [1.82, 2.24) is 10.2 Å². The van der Waals surface area contributed by atoms with E-state index in [9.17, 15) is 9.59 Å². The van der Waals surface area contributed by atoms with E-state index in [-0.39, 0.29) is 11.7 Å². The lowest BCUT2D eigenvalue weighted by Gasteiger charge is -2.24. The van der Waals surface area contributed by atoms with E-state index in [1.165, 1.54) is 0 Å². The second-order valence-electron chi connectivity index (χ2n) is 6.36. The van der Waals surface area contributed by atoms with Gasteiger partial charge in [0.2, 0.25) is 0 Å². The predicted molar refractivity (Wildman–Crippen MR) is 106 cm³/mol. The van der Waals surface area contributed by atoms with Crippen LogP contribution in [0.4, 0.5) is 0 Å². The number of ketones is 1. The molecule has 2 aromatic rings. The van der Waals surface area contributed by atoms with Crippen molar-refractivity contribution in [2.45, 2.75) is 26.8 Å². The SMILES string of the molecule is CCN(CCNC(=O)c1ccccc1C(=O)c1ccc(Cl)cc1)C(C)C. The van der Waals surface area contributed by atoms with Gasteiger partial charge in [-0.15, -0.1) is 0 Å². The third-order valence-electron chi connectivity index (χ3n) is 4.34. The van der Waals surface area contributed by atoms with Crippen molar-refractivity contribution >= 4 is 23.3 Å². The number of likely N-dealkylation sites (N-methyl/N-ethyl adjacent to an activating group) is 1. The van der Waals surface area contributed by atoms with Gasteiger partial charge in [0.25, 0.3) is 5.91 Å². The Kier molecular flexibility index (Phi) is 7.37. The van der Waals surface area contributed by atoms with Crippen molar-refractivity contribution < 1.29 is 9.59 Å². The Balaban J connectivity index is 2.11. The number of hydrogen-bond donors (Lipinski definition) is 1. The van der Waals surface area contributed by atoms with E-state index in [0.717, 1.165) is 13.1 Å². The van der Waals surface area contributed by atoms with E-state index < -0.39 is 0 Å². The molecule has 1 N–H and O–H groups in total. The van der Waals surface area contributed by atoms with Crippen LogP contribution in [0, 0.1) is 0 Å². The van der Waals surface area contributed by atoms with Gasteiger partial charge >= 0.3 is 0 Å². The molecule has 0 bridgehead atoms. The molecular formula is C21H25ClN2O2. The molecule has 0 aliphatic heterocycles. The molecule has 0 heterocycles. The topological polar surface area (TPSA) is 49.4 Å². The van der Waals surface area contributed by atoms with Crippen LogP contribution >= 0.6 is 11.6 Å². The minimum absolute atomic E-state index is 0.190. The van der Waals surface area contributed by atoms with Gasteiger partial charge in [-0.3, -0.25) is 14.5 Å². The Morgan fingerprint density at radius 2 is 1.65 bits per heavy atom. The first-order valence-corrected chi connectivity index (χ1v) is 9.23. The smallest absolute Gasteiger partial charge is 0.252 e. The Labute approximate surface area is 160 Å². The fourth-order valence-corrected chi connectivity index (χ4v) is 2.95. The molecule has 0 aliphatic rings. The standard InChI is InChI=1S/C21H25ClN2O2/c1-4-24(15(2)3)14-13-23-21(26)19-8-6-5-7-18(19)20(25)16-9-11-17(22)12-10-16/h5-12,15H,4,13-14H2,1-3H3,(H,23,26). The summed E-state index contributed by atoms with van der Waals surface area (Å²) >= 11 is 5.88. The zero-order chi connectivity index (χ0) is 19.1. The molecule has 0 aliphatic carbocycles. The molecule has 0 aromatic heterocycles. The Bertz CT molecular complexity index is 757. The van der Waals surface area contributed by atoms with Crippen LogP contribution in [0.15, 0.2) is 48.5 Å². The van der Waals surface area contributed by atoms with Crippen LogP contribution in [0.25, 0.3) is 0 Å². The zero-order valence-electron chi connectivity index (χ0n) is 15.5. The summed E-state index contributed by atoms with van der Waals surface area (Å²) in [6.45, 7) is 8.60. The van der Waals surface area contributed by atoms with Crippen LogP contribution in [-0.2, 0) is 0 Å². The van der Waals surface area contributed by atoms with Gasteiger partial charge < -0.3 is 5.32 Å². The summed E-state index contributed by atoms with van der Waals surface area (Å²) in [5, 5.41) is 3.49. The van der Waals surface area contributed by atoms with Crippen molar-refractivity contribution in [2.24, 2.45) is 0 Å². The van der Waals surface area contributed by atoms with Crippen molar-refractivity contribution in [3.05, 3.63) is 70.2 Å². The van der Waals surface area contributed by atoms with Gasteiger partial charge in [-0.1, -0.05) is 36.7 Å². The maximum Gasteiger partial charge on any atom is 0.252 e. The summed E-state index contributed by atoms with van der Waals surface area (Å²) in [7, 11) is 0. The first-order valence-electron chi connectivity index (χ1n) is 8.85. The molecule has 0 fully saturated rings. The Morgan fingerprint density at radius 1 is 1.04 bits per heavy atom. The number of carbonyl (C=O) groups is 2. The molecule has 0 radical (unpaired) electrons. The number of nitrogens with one attached hydrogen (secondary N) is 1. The lowest BCUT2D eigenvalue weighted by atomic mass is 9.98. The van der Waals surface area contributed by atoms with Gasteiger partial charge in [-0.25, -0.2) is 0 Å². The van der Waals surface area contributed by atoms with E-state index in [2.05, 4.69) is 31.0 Å². The molecule has 0 unspecified atom stereocenters. The third-order valence-corrected chi connectivity index (χ3v) is 4.60. The summed E-state index contributed by atoms with van der Waals surface area (Å²) in [6, 6.07) is 14.0. The first kappa shape index (κ1) is 20.1. The summed E-state index contributed by atoms with van der Waals surface area (Å²) in [5.41, 5.74) is 1.29. The quantitative estimate of drug-likeness (QED) is 0.712. The minimum Gasteiger partial charge on any atom is -0.351 e. The molecule has 0 saturated heterocycles. The van der Waals surface area contributed by atoms with E-state index in [0.29, 0.717) is 34.3 Å². The van der Waals surface area contributed by atoms with Crippen molar-refractivity contribution in [3.8, 4) is 0 Å². The average molecular weight is 373 g/mol. The maximum absolute atomic E-state index is 12.8. The highest BCUT2D eigenvalue weighted by molar-refractivity contribution is 6.30. The van der Waals surface area contributed by atoms with E-state index >= 15 is 0 Å². The monoisotopic (exact) mass is 372 g/mol. The second-order valence-corrected chi connectivity index (χ2v) is 6.80. The van der Waals surface area contributed by atoms with Crippen molar-refractivity contribution in [1.29, 1.82) is 0 Å². The molecule has 0 atom stereocenters. The Morgan fingerprint density at radius 3 is 2.23 bits per heavy atom. The third kappa shape index (κ3) is 5.16. The highest BCUT2D eigenvalue weighted by atomic mass is 35.5. The predicted octanol–water partition coefficient (Wildman–Crippen LogP) is 4.03. The zero-order valence-corrected chi connectivity index (χ0v) is 16.2. The number of halogens is 1. The fourth-order valence-electron chi connectivity index (χ4n) is 2.83. The van der Waals surface area contributed by atoms with Gasteiger partial charge in [0.15, 0.2) is 5.78 Å². The van der Waals surface area contributed by atoms with Crippen LogP contribution in [0.3, 0.4) is 0 Å². The number of hydrogen-bond acceptors (Lipinski definition) is 3. The molecule has 4 nitrogen and oxygen atoms in total. The molecule has 0 saturated carbocycles. The van der Waals surface area contributed by atoms with E-state index in [1.807, 2.05) is 0 Å². The van der Waals surface area contributed by atoms with Gasteiger partial charge in [0.05, 0.1) is 5.56 Å². The molecule has 1 amide bonds. The molecule has 26 heavy (non-hydrogen) atoms. The molecule has 0 spiro atoms. The normalized spacial score (nSPS) is 11.0. The largest absolute Gasteiger partial charge is 0.351 e. The van der Waals surface area contributed by atoms with Crippen LogP contribution in [0.1, 0.15) is 47.1 Å². The molecular weight excluding hydrogens is 348 g/mol. The van der Waals surface area contributed by atoms with Crippen LogP contribution in [0.2, 0.25) is 5.02 Å². The minimum atomic E-state index is -0.234. The molecule has 5 heteroatoms. The maximum atomic E-state index is 12.8. The van der Waals surface area contributed by atoms with Gasteiger partial charge in [-0.05, 0) is 50.7 Å². The van der Waals surface area contributed by atoms with Gasteiger partial charge in [0.1, 0.15) is 0 Å². The fraction of sp³-hybridized carbons (Fsp3) is 0.333. The van der Waals surface area contributed by atoms with Gasteiger partial charge in [0, 0.05) is 35.3 Å². The average Bonchev–Trinajstić information content (AvgIpc) is 2.64. The second kappa shape index (κ2) is 9.51. The highest BCUT2D eigenvalue weighted by Crippen LogP contribution is 2.17. The molecule has 2 rings (SSSR count). The molecule has 2 aromatic carbocycles. The summed E-state index contributed by atoms with van der Waals surface area (Å²) in [4.78, 5) is 27.6. The van der Waals surface area contributed by atoms with Crippen LogP contribution in [-0.4, -0.2) is 42.3 Å². The lowest BCUT2D eigenvalue weighted by molar-refractivity contribution is 0.0935. The number of carbonyl (C=O) groups excluding carboxylic acids is 2. The van der Waals surface area contributed by atoms with E-state index in [4.69, 9.17) is 11.6 Å². The number of rotatable bonds is 8. The number of benzene rings is 2. The Hall–Kier alpha value is -2.17.